The number of thiophene rings is 1. The molecule has 1 fully saturated rings. The van der Waals surface area contributed by atoms with Gasteiger partial charge in [0.2, 0.25) is 0 Å². The minimum absolute atomic E-state index is 0.286. The van der Waals surface area contributed by atoms with E-state index in [0.29, 0.717) is 5.78 Å². The molecule has 0 N–H and O–H groups in total. The normalized spacial score (nSPS) is 20.9. The summed E-state index contributed by atoms with van der Waals surface area (Å²) in [5.41, 5.74) is 0. The average molecular weight is 302 g/mol. The zero-order valence-corrected chi connectivity index (χ0v) is 11.8. The molecule has 0 aromatic carbocycles. The monoisotopic (exact) mass is 301 g/mol. The molecule has 0 aliphatic heterocycles. The van der Waals surface area contributed by atoms with Crippen molar-refractivity contribution in [1.29, 1.82) is 0 Å². The van der Waals surface area contributed by atoms with Crippen LogP contribution in [-0.2, 0) is 11.3 Å². The molecular formula is C12H16BrNOS. The van der Waals surface area contributed by atoms with E-state index in [9.17, 15) is 4.79 Å². The second-order valence-electron chi connectivity index (χ2n) is 4.48. The molecule has 1 aromatic heterocycles. The molecule has 4 heteroatoms. The Kier molecular flexibility index (Phi) is 4.16. The maximum atomic E-state index is 11.5. The number of hydrogen-bond donors (Lipinski definition) is 0. The van der Waals surface area contributed by atoms with Crippen LogP contribution in [0.1, 0.15) is 24.1 Å². The van der Waals surface area contributed by atoms with Gasteiger partial charge in [-0.1, -0.05) is 0 Å². The Morgan fingerprint density at radius 1 is 1.62 bits per heavy atom. The van der Waals surface area contributed by atoms with E-state index in [-0.39, 0.29) is 5.92 Å². The third kappa shape index (κ3) is 3.15. The summed E-state index contributed by atoms with van der Waals surface area (Å²) < 4.78 is 1.15. The van der Waals surface area contributed by atoms with Crippen LogP contribution in [0.4, 0.5) is 0 Å². The van der Waals surface area contributed by atoms with Gasteiger partial charge in [0.25, 0.3) is 0 Å². The smallest absolute Gasteiger partial charge is 0.137 e. The van der Waals surface area contributed by atoms with Gasteiger partial charge in [0.05, 0.1) is 0 Å². The number of halogens is 1. The number of rotatable bonds is 4. The molecule has 0 spiro atoms. The van der Waals surface area contributed by atoms with Gasteiger partial charge >= 0.3 is 0 Å². The SMILES string of the molecule is CN(Cc1cc(Br)cs1)CC1CCCC1=O. The Bertz CT molecular complexity index is 377. The summed E-state index contributed by atoms with van der Waals surface area (Å²) in [4.78, 5) is 15.1. The molecule has 2 rings (SSSR count). The van der Waals surface area contributed by atoms with E-state index in [1.807, 2.05) is 0 Å². The van der Waals surface area contributed by atoms with Crippen LogP contribution in [0.2, 0.25) is 0 Å². The molecule has 1 aliphatic carbocycles. The molecule has 1 aromatic rings. The van der Waals surface area contributed by atoms with E-state index in [4.69, 9.17) is 0 Å². The second kappa shape index (κ2) is 5.43. The molecule has 1 saturated carbocycles. The van der Waals surface area contributed by atoms with Crippen molar-refractivity contribution in [3.8, 4) is 0 Å². The number of carbonyl (C=O) groups is 1. The Hall–Kier alpha value is -0.190. The lowest BCUT2D eigenvalue weighted by Gasteiger charge is -2.19. The molecule has 1 unspecified atom stereocenters. The van der Waals surface area contributed by atoms with Crippen molar-refractivity contribution in [2.75, 3.05) is 13.6 Å². The molecule has 2 nitrogen and oxygen atoms in total. The lowest BCUT2D eigenvalue weighted by molar-refractivity contribution is -0.121. The number of hydrogen-bond acceptors (Lipinski definition) is 3. The third-order valence-electron chi connectivity index (χ3n) is 3.01. The summed E-state index contributed by atoms with van der Waals surface area (Å²) in [6.07, 6.45) is 2.96. The summed E-state index contributed by atoms with van der Waals surface area (Å²) in [7, 11) is 2.10. The zero-order valence-electron chi connectivity index (χ0n) is 9.41. The van der Waals surface area contributed by atoms with Crippen LogP contribution in [0, 0.1) is 5.92 Å². The van der Waals surface area contributed by atoms with Gasteiger partial charge in [0.15, 0.2) is 0 Å². The van der Waals surface area contributed by atoms with E-state index in [2.05, 4.69) is 39.3 Å². The van der Waals surface area contributed by atoms with Crippen LogP contribution in [0.25, 0.3) is 0 Å². The Morgan fingerprint density at radius 2 is 2.44 bits per heavy atom. The van der Waals surface area contributed by atoms with Gasteiger partial charge in [-0.3, -0.25) is 4.79 Å². The lowest BCUT2D eigenvalue weighted by atomic mass is 10.1. The van der Waals surface area contributed by atoms with Gasteiger partial charge in [0.1, 0.15) is 5.78 Å². The Morgan fingerprint density at radius 3 is 3.00 bits per heavy atom. The number of ketones is 1. The third-order valence-corrected chi connectivity index (χ3v) is 4.69. The molecule has 1 atom stereocenters. The van der Waals surface area contributed by atoms with Crippen LogP contribution < -0.4 is 0 Å². The van der Waals surface area contributed by atoms with E-state index < -0.39 is 0 Å². The molecule has 0 saturated heterocycles. The highest BCUT2D eigenvalue weighted by Gasteiger charge is 2.25. The highest BCUT2D eigenvalue weighted by atomic mass is 79.9. The summed E-state index contributed by atoms with van der Waals surface area (Å²) in [6, 6.07) is 2.15. The quantitative estimate of drug-likeness (QED) is 0.850. The largest absolute Gasteiger partial charge is 0.301 e. The topological polar surface area (TPSA) is 20.3 Å². The fourth-order valence-electron chi connectivity index (χ4n) is 2.22. The molecule has 0 amide bonds. The molecule has 1 aliphatic rings. The first-order chi connectivity index (χ1) is 7.65. The van der Waals surface area contributed by atoms with Gasteiger partial charge < -0.3 is 4.90 Å². The first-order valence-corrected chi connectivity index (χ1v) is 7.26. The summed E-state index contributed by atoms with van der Waals surface area (Å²) >= 11 is 5.22. The minimum Gasteiger partial charge on any atom is -0.301 e. The average Bonchev–Trinajstić information content (AvgIpc) is 2.77. The highest BCUT2D eigenvalue weighted by molar-refractivity contribution is 9.10. The maximum Gasteiger partial charge on any atom is 0.137 e. The minimum atomic E-state index is 0.286. The first-order valence-electron chi connectivity index (χ1n) is 5.59. The summed E-state index contributed by atoms with van der Waals surface area (Å²) in [5.74, 6) is 0.743. The Labute approximate surface area is 109 Å². The van der Waals surface area contributed by atoms with Crippen LogP contribution >= 0.6 is 27.3 Å². The fourth-order valence-corrected chi connectivity index (χ4v) is 3.75. The number of carbonyl (C=O) groups excluding carboxylic acids is 1. The highest BCUT2D eigenvalue weighted by Crippen LogP contribution is 2.24. The van der Waals surface area contributed by atoms with Gasteiger partial charge in [-0.25, -0.2) is 0 Å². The molecule has 0 bridgehead atoms. The predicted molar refractivity (Wildman–Crippen MR) is 70.7 cm³/mol. The summed E-state index contributed by atoms with van der Waals surface area (Å²) in [6.45, 7) is 1.86. The molecular weight excluding hydrogens is 286 g/mol. The van der Waals surface area contributed by atoms with Crippen LogP contribution in [-0.4, -0.2) is 24.3 Å². The molecule has 1 heterocycles. The number of Topliss-reactive ketones (excluding diaryl/α,β-unsaturated/α-hetero) is 1. The maximum absolute atomic E-state index is 11.5. The lowest BCUT2D eigenvalue weighted by Crippen LogP contribution is -2.27. The number of nitrogens with zero attached hydrogens (tertiary/aromatic N) is 1. The van der Waals surface area contributed by atoms with Crippen LogP contribution in [0.15, 0.2) is 15.9 Å². The summed E-state index contributed by atoms with van der Waals surface area (Å²) in [5, 5.41) is 2.10. The molecule has 16 heavy (non-hydrogen) atoms. The van der Waals surface area contributed by atoms with E-state index in [0.717, 1.165) is 36.8 Å². The zero-order chi connectivity index (χ0) is 11.5. The van der Waals surface area contributed by atoms with Crippen molar-refractivity contribution in [3.63, 3.8) is 0 Å². The van der Waals surface area contributed by atoms with E-state index in [1.54, 1.807) is 11.3 Å². The van der Waals surface area contributed by atoms with Crippen molar-refractivity contribution in [3.05, 3.63) is 20.8 Å². The Balaban J connectivity index is 1.84. The molecule has 0 radical (unpaired) electrons. The van der Waals surface area contributed by atoms with Crippen molar-refractivity contribution >= 4 is 33.0 Å². The second-order valence-corrected chi connectivity index (χ2v) is 6.39. The van der Waals surface area contributed by atoms with Gasteiger partial charge in [-0.05, 0) is 41.9 Å². The fraction of sp³-hybridized carbons (Fsp3) is 0.583. The van der Waals surface area contributed by atoms with Gasteiger partial charge in [0, 0.05) is 40.2 Å². The standard InChI is InChI=1S/C12H16BrNOS/c1-14(6-9-3-2-4-12(9)15)7-11-5-10(13)8-16-11/h5,8-9H,2-4,6-7H2,1H3. The van der Waals surface area contributed by atoms with Crippen LogP contribution in [0.5, 0.6) is 0 Å². The van der Waals surface area contributed by atoms with E-state index in [1.165, 1.54) is 4.88 Å². The van der Waals surface area contributed by atoms with Crippen molar-refractivity contribution in [2.45, 2.75) is 25.8 Å². The molecule has 88 valence electrons. The van der Waals surface area contributed by atoms with Crippen molar-refractivity contribution in [1.82, 2.24) is 4.90 Å². The van der Waals surface area contributed by atoms with Crippen molar-refractivity contribution < 1.29 is 4.79 Å². The van der Waals surface area contributed by atoms with Crippen molar-refractivity contribution in [2.24, 2.45) is 5.92 Å². The predicted octanol–water partition coefficient (Wildman–Crippen LogP) is 3.31. The van der Waals surface area contributed by atoms with E-state index >= 15 is 0 Å². The van der Waals surface area contributed by atoms with Crippen LogP contribution in [0.3, 0.4) is 0 Å². The van der Waals surface area contributed by atoms with Gasteiger partial charge in [-0.15, -0.1) is 11.3 Å². The van der Waals surface area contributed by atoms with Gasteiger partial charge in [-0.2, -0.15) is 0 Å². The first kappa shape index (κ1) is 12.3.